The first-order valence-corrected chi connectivity index (χ1v) is 10.3. The van der Waals surface area contributed by atoms with Gasteiger partial charge in [-0.3, -0.25) is 9.59 Å². The van der Waals surface area contributed by atoms with Crippen LogP contribution in [0.5, 0.6) is 0 Å². The van der Waals surface area contributed by atoms with Crippen molar-refractivity contribution in [3.63, 3.8) is 0 Å². The molecule has 1 N–H and O–H groups in total. The molecule has 31 heavy (non-hydrogen) atoms. The average Bonchev–Trinajstić information content (AvgIpc) is 3.14. The molecule has 7 nitrogen and oxygen atoms in total. The van der Waals surface area contributed by atoms with Gasteiger partial charge in [-0.2, -0.15) is 10.2 Å². The molecule has 8 heteroatoms. The lowest BCUT2D eigenvalue weighted by atomic mass is 10.2. The summed E-state index contributed by atoms with van der Waals surface area (Å²) in [6.45, 7) is 5.71. The minimum Gasteiger partial charge on any atom is -0.350 e. The Morgan fingerprint density at radius 1 is 1.06 bits per heavy atom. The lowest BCUT2D eigenvalue weighted by molar-refractivity contribution is -0.124. The lowest BCUT2D eigenvalue weighted by Crippen LogP contribution is -2.37. The second-order valence-corrected chi connectivity index (χ2v) is 7.85. The molecule has 4 rings (SSSR count). The number of para-hydroxylation sites is 1. The van der Waals surface area contributed by atoms with Crippen LogP contribution >= 0.6 is 11.6 Å². The number of amides is 1. The van der Waals surface area contributed by atoms with E-state index in [0.29, 0.717) is 28.2 Å². The van der Waals surface area contributed by atoms with Gasteiger partial charge in [-0.25, -0.2) is 9.36 Å². The average molecular weight is 436 g/mol. The van der Waals surface area contributed by atoms with Crippen molar-refractivity contribution >= 4 is 28.4 Å². The minimum atomic E-state index is -0.787. The van der Waals surface area contributed by atoms with E-state index in [1.54, 1.807) is 23.7 Å². The van der Waals surface area contributed by atoms with Gasteiger partial charge in [0.25, 0.3) is 5.56 Å². The topological polar surface area (TPSA) is 81.8 Å². The number of rotatable bonds is 5. The van der Waals surface area contributed by atoms with Crippen LogP contribution in [0.4, 0.5) is 0 Å². The van der Waals surface area contributed by atoms with E-state index in [2.05, 4.69) is 15.5 Å². The number of fused-ring (bicyclic) bond motifs is 1. The molecule has 0 aliphatic carbocycles. The summed E-state index contributed by atoms with van der Waals surface area (Å²) in [5, 5.41) is 13.2. The number of benzene rings is 2. The highest BCUT2D eigenvalue weighted by Gasteiger charge is 2.23. The highest BCUT2D eigenvalue weighted by molar-refractivity contribution is 6.30. The fourth-order valence-electron chi connectivity index (χ4n) is 3.58. The molecule has 0 saturated heterocycles. The van der Waals surface area contributed by atoms with Gasteiger partial charge in [-0.1, -0.05) is 41.9 Å². The number of carbonyl (C=O) groups is 1. The highest BCUT2D eigenvalue weighted by Crippen LogP contribution is 2.21. The van der Waals surface area contributed by atoms with Crippen LogP contribution in [0.15, 0.2) is 59.4 Å². The van der Waals surface area contributed by atoms with Gasteiger partial charge >= 0.3 is 0 Å². The van der Waals surface area contributed by atoms with Crippen LogP contribution in [-0.4, -0.2) is 25.5 Å². The van der Waals surface area contributed by atoms with Gasteiger partial charge in [0.15, 0.2) is 5.52 Å². The number of carbonyl (C=O) groups excluding carboxylic acids is 1. The summed E-state index contributed by atoms with van der Waals surface area (Å²) in [6.07, 6.45) is 0. The van der Waals surface area contributed by atoms with Crippen LogP contribution in [0.25, 0.3) is 16.6 Å². The van der Waals surface area contributed by atoms with Crippen molar-refractivity contribution in [2.24, 2.45) is 0 Å². The summed E-state index contributed by atoms with van der Waals surface area (Å²) in [7, 11) is 0. The molecule has 0 radical (unpaired) electrons. The zero-order valence-corrected chi connectivity index (χ0v) is 18.2. The molecule has 0 unspecified atom stereocenters. The van der Waals surface area contributed by atoms with E-state index >= 15 is 0 Å². The summed E-state index contributed by atoms with van der Waals surface area (Å²) in [4.78, 5) is 25.9. The molecule has 158 valence electrons. The van der Waals surface area contributed by atoms with Crippen molar-refractivity contribution in [1.29, 1.82) is 0 Å². The zero-order valence-electron chi connectivity index (χ0n) is 17.5. The number of halogens is 1. The van der Waals surface area contributed by atoms with Crippen molar-refractivity contribution in [1.82, 2.24) is 24.9 Å². The molecule has 0 fully saturated rings. The van der Waals surface area contributed by atoms with E-state index in [1.807, 2.05) is 56.3 Å². The molecule has 1 amide bonds. The van der Waals surface area contributed by atoms with Gasteiger partial charge in [-0.15, -0.1) is 0 Å². The van der Waals surface area contributed by atoms with E-state index in [1.165, 1.54) is 4.68 Å². The summed E-state index contributed by atoms with van der Waals surface area (Å²) in [6, 6.07) is 16.0. The number of nitrogens with zero attached hydrogens (tertiary/aromatic N) is 4. The Bertz CT molecular complexity index is 1310. The second-order valence-electron chi connectivity index (χ2n) is 7.41. The maximum Gasteiger partial charge on any atom is 0.295 e. The Morgan fingerprint density at radius 3 is 2.42 bits per heavy atom. The van der Waals surface area contributed by atoms with Crippen LogP contribution in [0.3, 0.4) is 0 Å². The van der Waals surface area contributed by atoms with Gasteiger partial charge in [0.05, 0.1) is 22.5 Å². The largest absolute Gasteiger partial charge is 0.350 e. The van der Waals surface area contributed by atoms with E-state index < -0.39 is 11.6 Å². The first kappa shape index (κ1) is 20.8. The zero-order chi connectivity index (χ0) is 22.1. The Morgan fingerprint density at radius 2 is 1.74 bits per heavy atom. The standard InChI is InChI=1S/C23H22ClN5O2/c1-14-20-15(2)28(19-7-5-4-6-8-19)27-21(20)23(31)29(26-14)16(3)22(30)25-13-17-9-11-18(24)12-10-17/h4-12,16H,13H2,1-3H3,(H,25,30)/t16-/m0/s1. The van der Waals surface area contributed by atoms with Crippen LogP contribution in [0.1, 0.15) is 29.9 Å². The van der Waals surface area contributed by atoms with Crippen LogP contribution in [-0.2, 0) is 11.3 Å². The molecular formula is C23H22ClN5O2. The van der Waals surface area contributed by atoms with E-state index in [4.69, 9.17) is 11.6 Å². The number of nitrogens with one attached hydrogen (secondary N) is 1. The lowest BCUT2D eigenvalue weighted by Gasteiger charge is -2.15. The predicted molar refractivity (Wildman–Crippen MR) is 121 cm³/mol. The van der Waals surface area contributed by atoms with Crippen molar-refractivity contribution in [3.05, 3.63) is 86.9 Å². The van der Waals surface area contributed by atoms with Crippen molar-refractivity contribution < 1.29 is 4.79 Å². The van der Waals surface area contributed by atoms with E-state index in [0.717, 1.165) is 16.9 Å². The number of hydrogen-bond donors (Lipinski definition) is 1. The maximum absolute atomic E-state index is 13.2. The first-order chi connectivity index (χ1) is 14.9. The van der Waals surface area contributed by atoms with Crippen LogP contribution < -0.4 is 10.9 Å². The second kappa shape index (κ2) is 8.35. The van der Waals surface area contributed by atoms with E-state index in [9.17, 15) is 9.59 Å². The molecule has 0 aliphatic rings. The third-order valence-electron chi connectivity index (χ3n) is 5.27. The van der Waals surface area contributed by atoms with Crippen LogP contribution in [0.2, 0.25) is 5.02 Å². The fraction of sp³-hybridized carbons (Fsp3) is 0.217. The maximum atomic E-state index is 13.2. The third-order valence-corrected chi connectivity index (χ3v) is 5.53. The monoisotopic (exact) mass is 435 g/mol. The molecule has 0 saturated carbocycles. The Kier molecular flexibility index (Phi) is 5.61. The molecule has 1 atom stereocenters. The first-order valence-electron chi connectivity index (χ1n) is 9.93. The van der Waals surface area contributed by atoms with Crippen molar-refractivity contribution in [3.8, 4) is 5.69 Å². The van der Waals surface area contributed by atoms with Crippen LogP contribution in [0, 0.1) is 13.8 Å². The Balaban J connectivity index is 1.66. The molecule has 0 bridgehead atoms. The molecular weight excluding hydrogens is 414 g/mol. The summed E-state index contributed by atoms with van der Waals surface area (Å²) < 4.78 is 2.94. The Labute approximate surface area is 184 Å². The summed E-state index contributed by atoms with van der Waals surface area (Å²) in [5.41, 5.74) is 3.14. The van der Waals surface area contributed by atoms with Gasteiger partial charge < -0.3 is 5.32 Å². The van der Waals surface area contributed by atoms with Gasteiger partial charge in [0, 0.05) is 11.6 Å². The molecule has 2 aromatic carbocycles. The summed E-state index contributed by atoms with van der Waals surface area (Å²) in [5.74, 6) is -0.303. The highest BCUT2D eigenvalue weighted by atomic mass is 35.5. The fourth-order valence-corrected chi connectivity index (χ4v) is 3.71. The SMILES string of the molecule is Cc1nn([C@@H](C)C(=O)NCc2ccc(Cl)cc2)c(=O)c2nn(-c3ccccc3)c(C)c12. The normalized spacial score (nSPS) is 12.1. The van der Waals surface area contributed by atoms with Gasteiger partial charge in [0.2, 0.25) is 5.91 Å². The molecule has 4 aromatic rings. The van der Waals surface area contributed by atoms with Gasteiger partial charge in [-0.05, 0) is 50.6 Å². The third kappa shape index (κ3) is 3.96. The van der Waals surface area contributed by atoms with Crippen molar-refractivity contribution in [2.75, 3.05) is 0 Å². The summed E-state index contributed by atoms with van der Waals surface area (Å²) >= 11 is 5.90. The quantitative estimate of drug-likeness (QED) is 0.518. The number of aryl methyl sites for hydroxylation is 2. The van der Waals surface area contributed by atoms with Crippen molar-refractivity contribution in [2.45, 2.75) is 33.4 Å². The van der Waals surface area contributed by atoms with E-state index in [-0.39, 0.29) is 5.91 Å². The number of hydrogen-bond acceptors (Lipinski definition) is 4. The Hall–Kier alpha value is -3.45. The molecule has 2 heterocycles. The van der Waals surface area contributed by atoms with Gasteiger partial charge in [0.1, 0.15) is 6.04 Å². The predicted octanol–water partition coefficient (Wildman–Crippen LogP) is 3.73. The molecule has 0 spiro atoms. The molecule has 2 aromatic heterocycles. The number of aromatic nitrogens is 4. The smallest absolute Gasteiger partial charge is 0.295 e. The minimum absolute atomic E-state index is 0.297. The molecule has 0 aliphatic heterocycles.